The van der Waals surface area contributed by atoms with Crippen LogP contribution in [-0.4, -0.2) is 31.1 Å². The van der Waals surface area contributed by atoms with Crippen LogP contribution < -0.4 is 0 Å². The molecule has 0 spiro atoms. The Kier molecular flexibility index (Phi) is 3.94. The molecular weight excluding hydrogens is 186 g/mol. The van der Waals surface area contributed by atoms with Gasteiger partial charge in [0.15, 0.2) is 0 Å². The molecule has 0 fully saturated rings. The topological polar surface area (TPSA) is 37.4 Å². The lowest BCUT2D eigenvalue weighted by Crippen LogP contribution is -2.42. The van der Waals surface area contributed by atoms with E-state index in [-0.39, 0.29) is 0 Å². The minimum atomic E-state index is -3.14. The lowest BCUT2D eigenvalue weighted by atomic mass is 10.2. The molecule has 0 amide bonds. The lowest BCUT2D eigenvalue weighted by Gasteiger charge is -2.27. The van der Waals surface area contributed by atoms with Crippen molar-refractivity contribution < 1.29 is 8.42 Å². The smallest absolute Gasteiger partial charge is 0.212 e. The van der Waals surface area contributed by atoms with E-state index in [1.165, 1.54) is 4.31 Å². The number of nitrogens with zero attached hydrogens (tertiary/aromatic N) is 1. The first-order chi connectivity index (χ1) is 5.59. The van der Waals surface area contributed by atoms with Gasteiger partial charge in [0, 0.05) is 13.6 Å². The molecule has 0 radical (unpaired) electrons. The minimum Gasteiger partial charge on any atom is -0.212 e. The zero-order chi connectivity index (χ0) is 10.9. The molecule has 80 valence electrons. The van der Waals surface area contributed by atoms with Gasteiger partial charge in [-0.2, -0.15) is 0 Å². The largest absolute Gasteiger partial charge is 0.218 e. The van der Waals surface area contributed by atoms with Gasteiger partial charge in [-0.15, -0.1) is 0 Å². The normalized spacial score (nSPS) is 14.2. The van der Waals surface area contributed by atoms with Crippen molar-refractivity contribution in [1.82, 2.24) is 4.31 Å². The molecule has 0 aliphatic heterocycles. The van der Waals surface area contributed by atoms with Gasteiger partial charge in [0.2, 0.25) is 10.0 Å². The summed E-state index contributed by atoms with van der Waals surface area (Å²) < 4.78 is 24.4. The maximum atomic E-state index is 11.8. The molecule has 0 heterocycles. The third-order valence-electron chi connectivity index (χ3n) is 1.81. The number of sulfonamides is 1. The fourth-order valence-electron chi connectivity index (χ4n) is 1.08. The molecule has 0 saturated heterocycles. The van der Waals surface area contributed by atoms with E-state index in [4.69, 9.17) is 0 Å². The lowest BCUT2D eigenvalue weighted by molar-refractivity contribution is 0.402. The van der Waals surface area contributed by atoms with E-state index in [1.54, 1.807) is 27.8 Å². The van der Waals surface area contributed by atoms with Crippen LogP contribution in [0.3, 0.4) is 0 Å². The second-order valence-corrected chi connectivity index (χ2v) is 7.59. The molecular formula is C9H21NO2S. The maximum Gasteiger partial charge on any atom is 0.218 e. The Balaban J connectivity index is 4.67. The molecule has 0 aromatic carbocycles. The fraction of sp³-hybridized carbons (Fsp3) is 1.00. The summed E-state index contributed by atoms with van der Waals surface area (Å²) in [7, 11) is -1.50. The minimum absolute atomic E-state index is 0.363. The molecule has 13 heavy (non-hydrogen) atoms. The van der Waals surface area contributed by atoms with Crippen molar-refractivity contribution in [3.05, 3.63) is 0 Å². The molecule has 0 N–H and O–H groups in total. The number of rotatable bonds is 3. The first kappa shape index (κ1) is 12.9. The van der Waals surface area contributed by atoms with Crippen LogP contribution in [0.5, 0.6) is 0 Å². The zero-order valence-corrected chi connectivity index (χ0v) is 10.3. The molecule has 0 bridgehead atoms. The Morgan fingerprint density at radius 2 is 1.62 bits per heavy atom. The van der Waals surface area contributed by atoms with Gasteiger partial charge < -0.3 is 0 Å². The van der Waals surface area contributed by atoms with Crippen molar-refractivity contribution in [1.29, 1.82) is 0 Å². The highest BCUT2D eigenvalue weighted by Crippen LogP contribution is 2.19. The molecule has 3 nitrogen and oxygen atoms in total. The Morgan fingerprint density at radius 1 is 1.23 bits per heavy atom. The summed E-state index contributed by atoms with van der Waals surface area (Å²) in [6, 6.07) is 0. The SMILES string of the molecule is CC(C)CN(C)S(=O)(=O)C(C)(C)C. The Labute approximate surface area is 82.2 Å². The van der Waals surface area contributed by atoms with Crippen molar-refractivity contribution in [2.24, 2.45) is 5.92 Å². The van der Waals surface area contributed by atoms with Crippen LogP contribution >= 0.6 is 0 Å². The predicted octanol–water partition coefficient (Wildman–Crippen LogP) is 1.70. The maximum absolute atomic E-state index is 11.8. The molecule has 0 aromatic rings. The van der Waals surface area contributed by atoms with E-state index in [0.29, 0.717) is 12.5 Å². The third kappa shape index (κ3) is 3.27. The van der Waals surface area contributed by atoms with Gasteiger partial charge in [-0.25, -0.2) is 12.7 Å². The molecule has 0 aromatic heterocycles. The summed E-state index contributed by atoms with van der Waals surface area (Å²) in [5.74, 6) is 0.363. The van der Waals surface area contributed by atoms with Gasteiger partial charge in [-0.1, -0.05) is 13.8 Å². The third-order valence-corrected chi connectivity index (χ3v) is 4.32. The van der Waals surface area contributed by atoms with Gasteiger partial charge in [0.05, 0.1) is 4.75 Å². The van der Waals surface area contributed by atoms with E-state index in [1.807, 2.05) is 13.8 Å². The molecule has 0 atom stereocenters. The molecule has 0 unspecified atom stereocenters. The monoisotopic (exact) mass is 207 g/mol. The quantitative estimate of drug-likeness (QED) is 0.706. The first-order valence-corrected chi connectivity index (χ1v) is 5.99. The van der Waals surface area contributed by atoms with E-state index in [2.05, 4.69) is 0 Å². The summed E-state index contributed by atoms with van der Waals surface area (Å²) in [5, 5.41) is 0. The van der Waals surface area contributed by atoms with E-state index >= 15 is 0 Å². The van der Waals surface area contributed by atoms with Crippen molar-refractivity contribution in [2.45, 2.75) is 39.4 Å². The Morgan fingerprint density at radius 3 is 1.85 bits per heavy atom. The van der Waals surface area contributed by atoms with E-state index in [9.17, 15) is 8.42 Å². The number of hydrogen-bond donors (Lipinski definition) is 0. The molecule has 0 aliphatic carbocycles. The molecule has 0 aliphatic rings. The predicted molar refractivity (Wildman–Crippen MR) is 56.1 cm³/mol. The van der Waals surface area contributed by atoms with Crippen LogP contribution in [0.15, 0.2) is 0 Å². The first-order valence-electron chi connectivity index (χ1n) is 4.55. The van der Waals surface area contributed by atoms with Gasteiger partial charge >= 0.3 is 0 Å². The van der Waals surface area contributed by atoms with Crippen molar-refractivity contribution in [3.8, 4) is 0 Å². The second kappa shape index (κ2) is 3.96. The second-order valence-electron chi connectivity index (χ2n) is 4.79. The van der Waals surface area contributed by atoms with E-state index < -0.39 is 14.8 Å². The summed E-state index contributed by atoms with van der Waals surface area (Å²) in [6.07, 6.45) is 0. The molecule has 4 heteroatoms. The van der Waals surface area contributed by atoms with Gasteiger partial charge in [-0.3, -0.25) is 0 Å². The fourth-order valence-corrected chi connectivity index (χ4v) is 2.51. The average molecular weight is 207 g/mol. The van der Waals surface area contributed by atoms with Crippen LogP contribution in [0.25, 0.3) is 0 Å². The van der Waals surface area contributed by atoms with E-state index in [0.717, 1.165) is 0 Å². The van der Waals surface area contributed by atoms with Crippen LogP contribution in [0, 0.1) is 5.92 Å². The van der Waals surface area contributed by atoms with Crippen LogP contribution in [-0.2, 0) is 10.0 Å². The van der Waals surface area contributed by atoms with Crippen molar-refractivity contribution in [2.75, 3.05) is 13.6 Å². The number of hydrogen-bond acceptors (Lipinski definition) is 2. The summed E-state index contributed by atoms with van der Waals surface area (Å²) >= 11 is 0. The Bertz CT molecular complexity index is 249. The standard InChI is InChI=1S/C9H21NO2S/c1-8(2)7-10(6)13(11,12)9(3,4)5/h8H,7H2,1-6H3. The summed E-state index contributed by atoms with van der Waals surface area (Å²) in [5.41, 5.74) is 0. The van der Waals surface area contributed by atoms with Crippen LogP contribution in [0.2, 0.25) is 0 Å². The highest BCUT2D eigenvalue weighted by molar-refractivity contribution is 7.90. The summed E-state index contributed by atoms with van der Waals surface area (Å²) in [4.78, 5) is 0. The highest BCUT2D eigenvalue weighted by atomic mass is 32.2. The van der Waals surface area contributed by atoms with Gasteiger partial charge in [0.25, 0.3) is 0 Å². The van der Waals surface area contributed by atoms with Crippen molar-refractivity contribution in [3.63, 3.8) is 0 Å². The summed E-state index contributed by atoms with van der Waals surface area (Å²) in [6.45, 7) is 9.76. The zero-order valence-electron chi connectivity index (χ0n) is 9.46. The average Bonchev–Trinajstić information content (AvgIpc) is 1.82. The van der Waals surface area contributed by atoms with Gasteiger partial charge in [0.1, 0.15) is 0 Å². The molecule has 0 saturated carbocycles. The van der Waals surface area contributed by atoms with Crippen LogP contribution in [0.1, 0.15) is 34.6 Å². The van der Waals surface area contributed by atoms with Gasteiger partial charge in [-0.05, 0) is 26.7 Å². The van der Waals surface area contributed by atoms with Crippen LogP contribution in [0.4, 0.5) is 0 Å². The van der Waals surface area contributed by atoms with Crippen molar-refractivity contribution >= 4 is 10.0 Å². The highest BCUT2D eigenvalue weighted by Gasteiger charge is 2.32. The Hall–Kier alpha value is -0.0900. The molecule has 0 rings (SSSR count).